The van der Waals surface area contributed by atoms with Crippen LogP contribution in [0, 0.1) is 24.1 Å². The molecular weight excluding hydrogens is 515 g/mol. The predicted octanol–water partition coefficient (Wildman–Crippen LogP) is 2.21. The highest BCUT2D eigenvalue weighted by atomic mass is 19.1. The summed E-state index contributed by atoms with van der Waals surface area (Å²) in [5, 5.41) is 14.2. The maximum Gasteiger partial charge on any atom is 0.319 e. The standard InChI is InChI=1S/C28H31FN8O3/c1-4-24(38)36-14-13-35(16-19(36)10-11-30)26-21-15-31-37(23-9-5-8-22(29)18(23)2)27(39)25(21)32-28(33-26)40-17-20-7-6-12-34(20)3/h4-5,8-9,15,19-20H,1,6-7,10,12-14,16-17H2,2-3H3/t19-,20+/m1/s1. The van der Waals surface area contributed by atoms with Crippen molar-refractivity contribution in [3.05, 3.63) is 58.8 Å². The largest absolute Gasteiger partial charge is 0.462 e. The van der Waals surface area contributed by atoms with Crippen LogP contribution in [0.3, 0.4) is 0 Å². The quantitative estimate of drug-likeness (QED) is 0.411. The van der Waals surface area contributed by atoms with Crippen molar-refractivity contribution >= 4 is 22.6 Å². The Labute approximate surface area is 231 Å². The van der Waals surface area contributed by atoms with Gasteiger partial charge < -0.3 is 19.4 Å². The molecule has 2 fully saturated rings. The fraction of sp³-hybridized carbons (Fsp3) is 0.429. The Kier molecular flexibility index (Phi) is 7.75. The number of anilines is 1. The molecule has 2 aliphatic rings. The van der Waals surface area contributed by atoms with E-state index in [0.717, 1.165) is 24.1 Å². The molecule has 3 aromatic rings. The second kappa shape index (κ2) is 11.4. The number of nitrogens with zero attached hydrogens (tertiary/aromatic N) is 8. The number of benzene rings is 1. The van der Waals surface area contributed by atoms with Gasteiger partial charge in [0.05, 0.1) is 35.8 Å². The highest BCUT2D eigenvalue weighted by Crippen LogP contribution is 2.28. The summed E-state index contributed by atoms with van der Waals surface area (Å²) in [6.07, 6.45) is 4.92. The number of carbonyl (C=O) groups is 1. The van der Waals surface area contributed by atoms with Gasteiger partial charge in [-0.05, 0) is 51.6 Å². The monoisotopic (exact) mass is 546 g/mol. The molecule has 0 spiro atoms. The van der Waals surface area contributed by atoms with Crippen molar-refractivity contribution in [2.45, 2.75) is 38.3 Å². The minimum absolute atomic E-state index is 0.0510. The van der Waals surface area contributed by atoms with E-state index in [9.17, 15) is 19.2 Å². The zero-order valence-electron chi connectivity index (χ0n) is 22.6. The predicted molar refractivity (Wildman–Crippen MR) is 147 cm³/mol. The van der Waals surface area contributed by atoms with E-state index in [-0.39, 0.29) is 35.5 Å². The van der Waals surface area contributed by atoms with Crippen LogP contribution in [-0.4, -0.2) is 87.4 Å². The smallest absolute Gasteiger partial charge is 0.319 e. The summed E-state index contributed by atoms with van der Waals surface area (Å²) >= 11 is 0. The molecule has 40 heavy (non-hydrogen) atoms. The molecule has 11 nitrogen and oxygen atoms in total. The van der Waals surface area contributed by atoms with Crippen LogP contribution in [0.5, 0.6) is 6.01 Å². The van der Waals surface area contributed by atoms with Gasteiger partial charge in [0.15, 0.2) is 0 Å². The van der Waals surface area contributed by atoms with E-state index in [1.165, 1.54) is 24.4 Å². The summed E-state index contributed by atoms with van der Waals surface area (Å²) in [7, 11) is 2.04. The number of hydrogen-bond acceptors (Lipinski definition) is 9. The summed E-state index contributed by atoms with van der Waals surface area (Å²) in [5.41, 5.74) is 0.146. The van der Waals surface area contributed by atoms with Gasteiger partial charge in [0, 0.05) is 31.2 Å². The lowest BCUT2D eigenvalue weighted by molar-refractivity contribution is -0.128. The third-order valence-electron chi connectivity index (χ3n) is 7.71. The number of amides is 1. The second-order valence-electron chi connectivity index (χ2n) is 10.1. The first-order valence-electron chi connectivity index (χ1n) is 13.3. The highest BCUT2D eigenvalue weighted by molar-refractivity contribution is 5.90. The van der Waals surface area contributed by atoms with Gasteiger partial charge in [-0.2, -0.15) is 25.0 Å². The van der Waals surface area contributed by atoms with E-state index < -0.39 is 17.4 Å². The second-order valence-corrected chi connectivity index (χ2v) is 10.1. The Bertz CT molecular complexity index is 1550. The summed E-state index contributed by atoms with van der Waals surface area (Å²) in [4.78, 5) is 41.1. The van der Waals surface area contributed by atoms with E-state index in [2.05, 4.69) is 32.6 Å². The summed E-state index contributed by atoms with van der Waals surface area (Å²) in [5.74, 6) is -0.261. The normalized spacial score (nSPS) is 19.6. The molecule has 2 aliphatic heterocycles. The van der Waals surface area contributed by atoms with Crippen LogP contribution in [0.1, 0.15) is 24.8 Å². The number of carbonyl (C=O) groups excluding carboxylic acids is 1. The van der Waals surface area contributed by atoms with Crippen LogP contribution in [0.4, 0.5) is 10.2 Å². The molecule has 0 aliphatic carbocycles. The maximum absolute atomic E-state index is 14.3. The summed E-state index contributed by atoms with van der Waals surface area (Å²) in [6, 6.07) is 6.49. The average molecular weight is 547 g/mol. The number of hydrogen-bond donors (Lipinski definition) is 0. The van der Waals surface area contributed by atoms with Crippen LogP contribution >= 0.6 is 0 Å². The molecule has 4 heterocycles. The zero-order chi connectivity index (χ0) is 28.4. The SMILES string of the molecule is C=CC(=O)N1CCN(c2nc(OC[C@@H]3CCCN3C)nc3c(=O)n(-c4cccc(F)c4C)ncc23)C[C@H]1CC#N. The summed E-state index contributed by atoms with van der Waals surface area (Å²) < 4.78 is 21.5. The van der Waals surface area contributed by atoms with Crippen LogP contribution in [0.15, 0.2) is 41.8 Å². The molecule has 208 valence electrons. The van der Waals surface area contributed by atoms with Gasteiger partial charge in [0.25, 0.3) is 5.56 Å². The van der Waals surface area contributed by atoms with Crippen LogP contribution in [0.2, 0.25) is 0 Å². The van der Waals surface area contributed by atoms with E-state index in [4.69, 9.17) is 4.74 Å². The Morgan fingerprint density at radius 3 is 2.83 bits per heavy atom. The van der Waals surface area contributed by atoms with Crippen molar-refractivity contribution in [3.8, 4) is 17.8 Å². The number of halogens is 1. The number of ether oxygens (including phenoxy) is 1. The summed E-state index contributed by atoms with van der Waals surface area (Å²) in [6.45, 7) is 7.57. The number of rotatable bonds is 7. The molecule has 2 atom stereocenters. The number of piperazine rings is 1. The molecule has 0 saturated carbocycles. The van der Waals surface area contributed by atoms with Gasteiger partial charge >= 0.3 is 6.01 Å². The third-order valence-corrected chi connectivity index (χ3v) is 7.71. The fourth-order valence-electron chi connectivity index (χ4n) is 5.39. The molecule has 2 aromatic heterocycles. The van der Waals surface area contributed by atoms with Gasteiger partial charge in [0.2, 0.25) is 5.91 Å². The molecule has 12 heteroatoms. The molecule has 0 radical (unpaired) electrons. The maximum atomic E-state index is 14.3. The Hall–Kier alpha value is -4.37. The van der Waals surface area contributed by atoms with Gasteiger partial charge in [-0.25, -0.2) is 4.39 Å². The van der Waals surface area contributed by atoms with Crippen LogP contribution in [-0.2, 0) is 4.79 Å². The molecular formula is C28H31FN8O3. The minimum atomic E-state index is -0.535. The van der Waals surface area contributed by atoms with Crippen molar-refractivity contribution in [1.29, 1.82) is 5.26 Å². The zero-order valence-corrected chi connectivity index (χ0v) is 22.6. The number of fused-ring (bicyclic) bond motifs is 1. The van der Waals surface area contributed by atoms with E-state index in [1.54, 1.807) is 17.9 Å². The van der Waals surface area contributed by atoms with Gasteiger partial charge in [-0.3, -0.25) is 9.59 Å². The van der Waals surface area contributed by atoms with Crippen molar-refractivity contribution in [1.82, 2.24) is 29.5 Å². The Morgan fingerprint density at radius 1 is 1.27 bits per heavy atom. The van der Waals surface area contributed by atoms with Crippen LogP contribution in [0.25, 0.3) is 16.6 Å². The number of likely N-dealkylation sites (tertiary alicyclic amines) is 1. The molecule has 0 bridgehead atoms. The first-order valence-corrected chi connectivity index (χ1v) is 13.3. The number of aromatic nitrogens is 4. The molecule has 1 aromatic carbocycles. The highest BCUT2D eigenvalue weighted by Gasteiger charge is 2.32. The lowest BCUT2D eigenvalue weighted by Gasteiger charge is -2.41. The molecule has 1 amide bonds. The average Bonchev–Trinajstić information content (AvgIpc) is 3.38. The van der Waals surface area contributed by atoms with Crippen molar-refractivity contribution in [2.24, 2.45) is 0 Å². The topological polar surface area (TPSA) is 120 Å². The van der Waals surface area contributed by atoms with Gasteiger partial charge in [0.1, 0.15) is 23.8 Å². The molecule has 2 saturated heterocycles. The molecule has 5 rings (SSSR count). The van der Waals surface area contributed by atoms with Crippen molar-refractivity contribution < 1.29 is 13.9 Å². The number of likely N-dealkylation sites (N-methyl/N-ethyl adjacent to an activating group) is 1. The fourth-order valence-corrected chi connectivity index (χ4v) is 5.39. The Balaban J connectivity index is 1.59. The first-order chi connectivity index (χ1) is 19.3. The van der Waals surface area contributed by atoms with Crippen molar-refractivity contribution in [2.75, 3.05) is 44.7 Å². The number of nitriles is 1. The van der Waals surface area contributed by atoms with Gasteiger partial charge in [-0.15, -0.1) is 0 Å². The van der Waals surface area contributed by atoms with E-state index in [1.807, 2.05) is 11.9 Å². The Morgan fingerprint density at radius 2 is 2.10 bits per heavy atom. The lowest BCUT2D eigenvalue weighted by Crippen LogP contribution is -2.55. The lowest BCUT2D eigenvalue weighted by atomic mass is 10.1. The van der Waals surface area contributed by atoms with Gasteiger partial charge in [-0.1, -0.05) is 12.6 Å². The molecule has 0 unspecified atom stereocenters. The molecule has 0 N–H and O–H groups in total. The van der Waals surface area contributed by atoms with Crippen LogP contribution < -0.4 is 15.2 Å². The van der Waals surface area contributed by atoms with E-state index in [0.29, 0.717) is 43.1 Å². The van der Waals surface area contributed by atoms with E-state index >= 15 is 0 Å². The minimum Gasteiger partial charge on any atom is -0.462 e. The third kappa shape index (κ3) is 5.12. The first kappa shape index (κ1) is 27.2. The van der Waals surface area contributed by atoms with Crippen molar-refractivity contribution in [3.63, 3.8) is 0 Å².